The third-order valence-corrected chi connectivity index (χ3v) is 7.34. The molecule has 0 aromatic heterocycles. The van der Waals surface area contributed by atoms with Crippen LogP contribution in [0.4, 0.5) is 0 Å². The van der Waals surface area contributed by atoms with Crippen LogP contribution in [0.2, 0.25) is 0 Å². The molecule has 0 bridgehead atoms. The normalized spacial score (nSPS) is 13.7. The average Bonchev–Trinajstić information content (AvgIpc) is 3.08. The van der Waals surface area contributed by atoms with Gasteiger partial charge in [-0.25, -0.2) is 0 Å². The Morgan fingerprint density at radius 3 is 1.81 bits per heavy atom. The second-order valence-electron chi connectivity index (χ2n) is 9.59. The predicted molar refractivity (Wildman–Crippen MR) is 134 cm³/mol. The van der Waals surface area contributed by atoms with Crippen LogP contribution < -0.4 is 0 Å². The van der Waals surface area contributed by atoms with E-state index in [1.807, 2.05) is 6.07 Å². The lowest BCUT2D eigenvalue weighted by atomic mass is 9.70. The fourth-order valence-electron chi connectivity index (χ4n) is 5.62. The summed E-state index contributed by atoms with van der Waals surface area (Å²) in [4.78, 5) is 11.6. The smallest absolute Gasteiger partial charge is 0.150 e. The molecule has 0 saturated heterocycles. The third kappa shape index (κ3) is 5.68. The van der Waals surface area contributed by atoms with Crippen LogP contribution in [0, 0.1) is 0 Å². The summed E-state index contributed by atoms with van der Waals surface area (Å²) in [6.45, 7) is 4.57. The van der Waals surface area contributed by atoms with Crippen molar-refractivity contribution in [3.63, 3.8) is 0 Å². The Kier molecular flexibility index (Phi) is 9.37. The van der Waals surface area contributed by atoms with Crippen molar-refractivity contribution in [3.8, 4) is 11.1 Å². The lowest BCUT2D eigenvalue weighted by Crippen LogP contribution is -2.25. The van der Waals surface area contributed by atoms with Gasteiger partial charge in [-0.15, -0.1) is 0 Å². The van der Waals surface area contributed by atoms with Gasteiger partial charge in [-0.05, 0) is 41.2 Å². The molecule has 0 heterocycles. The van der Waals surface area contributed by atoms with Crippen LogP contribution in [0.5, 0.6) is 0 Å². The van der Waals surface area contributed by atoms with Crippen LogP contribution in [0.15, 0.2) is 42.5 Å². The molecule has 0 atom stereocenters. The summed E-state index contributed by atoms with van der Waals surface area (Å²) < 4.78 is 0. The number of unbranched alkanes of at least 4 members (excludes halogenated alkanes) is 10. The van der Waals surface area contributed by atoms with Gasteiger partial charge in [-0.1, -0.05) is 127 Å². The third-order valence-electron chi connectivity index (χ3n) is 7.34. The second-order valence-corrected chi connectivity index (χ2v) is 9.59. The number of hydrogen-bond donors (Lipinski definition) is 0. The van der Waals surface area contributed by atoms with Crippen LogP contribution in [-0.4, -0.2) is 6.29 Å². The second kappa shape index (κ2) is 12.2. The molecule has 2 aromatic carbocycles. The minimum absolute atomic E-state index is 0.0838. The molecule has 0 amide bonds. The summed E-state index contributed by atoms with van der Waals surface area (Å²) in [5, 5.41) is 0. The summed E-state index contributed by atoms with van der Waals surface area (Å²) in [6.07, 6.45) is 19.4. The first-order valence-electron chi connectivity index (χ1n) is 13.0. The van der Waals surface area contributed by atoms with Gasteiger partial charge in [-0.3, -0.25) is 4.79 Å². The van der Waals surface area contributed by atoms with Gasteiger partial charge in [0.1, 0.15) is 6.29 Å². The molecule has 3 rings (SSSR count). The van der Waals surface area contributed by atoms with Crippen molar-refractivity contribution in [1.82, 2.24) is 0 Å². The van der Waals surface area contributed by atoms with Crippen molar-refractivity contribution in [2.75, 3.05) is 0 Å². The lowest BCUT2D eigenvalue weighted by molar-refractivity contribution is 0.112. The standard InChI is InChI=1S/C30H42O/c1-3-5-7-9-11-15-21-30(22-16-12-10-8-6-4-2)28-18-14-13-17-26(28)27-20-19-25(24-31)23-29(27)30/h13-14,17-20,23-24H,3-12,15-16,21-22H2,1-2H3. The number of rotatable bonds is 15. The number of aldehydes is 1. The Balaban J connectivity index is 1.84. The fourth-order valence-corrected chi connectivity index (χ4v) is 5.62. The highest BCUT2D eigenvalue weighted by Gasteiger charge is 2.42. The van der Waals surface area contributed by atoms with Crippen molar-refractivity contribution in [3.05, 3.63) is 59.2 Å². The Labute approximate surface area is 190 Å². The van der Waals surface area contributed by atoms with E-state index >= 15 is 0 Å². The molecule has 0 saturated carbocycles. The van der Waals surface area contributed by atoms with E-state index in [4.69, 9.17) is 0 Å². The molecular formula is C30H42O. The molecule has 0 unspecified atom stereocenters. The molecule has 0 aliphatic heterocycles. The van der Waals surface area contributed by atoms with E-state index in [2.05, 4.69) is 50.2 Å². The molecule has 0 spiro atoms. The van der Waals surface area contributed by atoms with Gasteiger partial charge in [-0.2, -0.15) is 0 Å². The zero-order chi connectivity index (χ0) is 21.9. The molecule has 0 radical (unpaired) electrons. The number of hydrogen-bond acceptors (Lipinski definition) is 1. The maximum Gasteiger partial charge on any atom is 0.150 e. The van der Waals surface area contributed by atoms with E-state index in [1.54, 1.807) is 0 Å². The summed E-state index contributed by atoms with van der Waals surface area (Å²) >= 11 is 0. The maximum absolute atomic E-state index is 11.6. The summed E-state index contributed by atoms with van der Waals surface area (Å²) in [7, 11) is 0. The molecule has 1 aliphatic carbocycles. The van der Waals surface area contributed by atoms with E-state index in [0.717, 1.165) is 11.8 Å². The van der Waals surface area contributed by atoms with Gasteiger partial charge >= 0.3 is 0 Å². The van der Waals surface area contributed by atoms with Gasteiger partial charge in [0, 0.05) is 11.0 Å². The summed E-state index contributed by atoms with van der Waals surface area (Å²) in [5.41, 5.74) is 6.59. The first kappa shape index (κ1) is 23.8. The molecule has 0 fully saturated rings. The zero-order valence-corrected chi connectivity index (χ0v) is 19.9. The molecule has 1 aliphatic rings. The number of benzene rings is 2. The molecule has 0 N–H and O–H groups in total. The quantitative estimate of drug-likeness (QED) is 0.208. The number of fused-ring (bicyclic) bond motifs is 3. The van der Waals surface area contributed by atoms with Crippen LogP contribution in [0.3, 0.4) is 0 Å². The minimum atomic E-state index is 0.0838. The highest BCUT2D eigenvalue weighted by atomic mass is 16.1. The van der Waals surface area contributed by atoms with Crippen LogP contribution in [0.1, 0.15) is 125 Å². The topological polar surface area (TPSA) is 17.1 Å². The van der Waals surface area contributed by atoms with Gasteiger partial charge in [0.05, 0.1) is 0 Å². The molecule has 2 aromatic rings. The number of carbonyl (C=O) groups is 1. The largest absolute Gasteiger partial charge is 0.298 e. The summed E-state index contributed by atoms with van der Waals surface area (Å²) in [6, 6.07) is 15.4. The van der Waals surface area contributed by atoms with Gasteiger partial charge in [0.2, 0.25) is 0 Å². The SMILES string of the molecule is CCCCCCCCC1(CCCCCCCC)c2ccccc2-c2ccc(C=O)cc21. The van der Waals surface area contributed by atoms with Crippen LogP contribution in [0.25, 0.3) is 11.1 Å². The number of carbonyl (C=O) groups excluding carboxylic acids is 1. The molecule has 1 nitrogen and oxygen atoms in total. The minimum Gasteiger partial charge on any atom is -0.298 e. The van der Waals surface area contributed by atoms with Crippen molar-refractivity contribution in [2.45, 2.75) is 109 Å². The summed E-state index contributed by atoms with van der Waals surface area (Å²) in [5.74, 6) is 0. The first-order chi connectivity index (χ1) is 15.3. The lowest BCUT2D eigenvalue weighted by Gasteiger charge is -2.33. The highest BCUT2D eigenvalue weighted by molar-refractivity contribution is 5.85. The molecule has 31 heavy (non-hydrogen) atoms. The fraction of sp³-hybridized carbons (Fsp3) is 0.567. The predicted octanol–water partition coefficient (Wildman–Crippen LogP) is 9.27. The van der Waals surface area contributed by atoms with E-state index in [0.29, 0.717) is 0 Å². The van der Waals surface area contributed by atoms with E-state index in [9.17, 15) is 4.79 Å². The zero-order valence-electron chi connectivity index (χ0n) is 19.9. The van der Waals surface area contributed by atoms with Gasteiger partial charge in [0.15, 0.2) is 0 Å². The van der Waals surface area contributed by atoms with Gasteiger partial charge in [0.25, 0.3) is 0 Å². The van der Waals surface area contributed by atoms with E-state index < -0.39 is 0 Å². The van der Waals surface area contributed by atoms with E-state index in [-0.39, 0.29) is 5.41 Å². The van der Waals surface area contributed by atoms with E-state index in [1.165, 1.54) is 112 Å². The van der Waals surface area contributed by atoms with Crippen LogP contribution >= 0.6 is 0 Å². The van der Waals surface area contributed by atoms with Crippen molar-refractivity contribution in [1.29, 1.82) is 0 Å². The Hall–Kier alpha value is -1.89. The van der Waals surface area contributed by atoms with Crippen molar-refractivity contribution >= 4 is 6.29 Å². The van der Waals surface area contributed by atoms with Crippen LogP contribution in [-0.2, 0) is 5.41 Å². The average molecular weight is 419 g/mol. The Morgan fingerprint density at radius 2 is 1.19 bits per heavy atom. The van der Waals surface area contributed by atoms with Crippen molar-refractivity contribution in [2.24, 2.45) is 0 Å². The Bertz CT molecular complexity index is 803. The highest BCUT2D eigenvalue weighted by Crippen LogP contribution is 2.54. The van der Waals surface area contributed by atoms with Crippen molar-refractivity contribution < 1.29 is 4.79 Å². The monoisotopic (exact) mass is 418 g/mol. The van der Waals surface area contributed by atoms with Gasteiger partial charge < -0.3 is 0 Å². The molecule has 1 heteroatoms. The molecule has 168 valence electrons. The molecular weight excluding hydrogens is 376 g/mol. The maximum atomic E-state index is 11.6. The first-order valence-corrected chi connectivity index (χ1v) is 13.0. The Morgan fingerprint density at radius 1 is 0.645 bits per heavy atom.